The molecule has 10 heteroatoms. The Morgan fingerprint density at radius 3 is 2.51 bits per heavy atom. The molecular formula is C33H48N2O7Si. The van der Waals surface area contributed by atoms with E-state index < -0.39 is 49.1 Å². The van der Waals surface area contributed by atoms with E-state index in [2.05, 4.69) is 51.9 Å². The van der Waals surface area contributed by atoms with Crippen molar-refractivity contribution < 1.29 is 33.3 Å². The maximum atomic E-state index is 13.7. The zero-order chi connectivity index (χ0) is 31.3. The number of carbonyl (C=O) groups excluding carboxylic acids is 2. The van der Waals surface area contributed by atoms with Gasteiger partial charge in [-0.05, 0) is 95.9 Å². The molecule has 1 aromatic rings. The SMILES string of the molecule is CN1CC[C@]23c4c5ccc(O[Si](C)(C)C(C)(C)C)c4O[C@H]2C(OC(=O)C2CCCN2C(=O)OC(C)(C)C)=CC[C@@]3(O)[C@H]1C5. The minimum Gasteiger partial charge on any atom is -0.541 e. The van der Waals surface area contributed by atoms with Crippen LogP contribution in [-0.4, -0.2) is 84.8 Å². The van der Waals surface area contributed by atoms with Crippen molar-refractivity contribution >= 4 is 20.4 Å². The Morgan fingerprint density at radius 1 is 1.12 bits per heavy atom. The summed E-state index contributed by atoms with van der Waals surface area (Å²) >= 11 is 0. The smallest absolute Gasteiger partial charge is 0.411 e. The molecule has 1 spiro atoms. The number of amides is 1. The number of benzene rings is 1. The Morgan fingerprint density at radius 2 is 1.84 bits per heavy atom. The molecule has 9 nitrogen and oxygen atoms in total. The highest BCUT2D eigenvalue weighted by Crippen LogP contribution is 2.65. The molecule has 2 saturated heterocycles. The molecule has 0 aromatic heterocycles. The van der Waals surface area contributed by atoms with E-state index in [1.807, 2.05) is 32.9 Å². The minimum atomic E-state index is -2.21. The van der Waals surface area contributed by atoms with Crippen molar-refractivity contribution in [2.75, 3.05) is 20.1 Å². The van der Waals surface area contributed by atoms with Gasteiger partial charge in [-0.3, -0.25) is 4.90 Å². The molecule has 0 radical (unpaired) electrons. The van der Waals surface area contributed by atoms with Gasteiger partial charge in [0.2, 0.25) is 0 Å². The van der Waals surface area contributed by atoms with Gasteiger partial charge in [-0.15, -0.1) is 0 Å². The molecule has 1 amide bonds. The topological polar surface area (TPSA) is 97.8 Å². The number of aliphatic hydroxyl groups is 1. The fourth-order valence-electron chi connectivity index (χ4n) is 7.67. The molecular weight excluding hydrogens is 564 g/mol. The van der Waals surface area contributed by atoms with Gasteiger partial charge in [0, 0.05) is 24.6 Å². The molecule has 5 atom stereocenters. The molecule has 2 aliphatic carbocycles. The fourth-order valence-corrected chi connectivity index (χ4v) is 8.69. The van der Waals surface area contributed by atoms with Crippen LogP contribution < -0.4 is 9.16 Å². The Bertz CT molecular complexity index is 1380. The van der Waals surface area contributed by atoms with Crippen LogP contribution in [0.15, 0.2) is 24.0 Å². The summed E-state index contributed by atoms with van der Waals surface area (Å²) < 4.78 is 25.5. The molecule has 1 aromatic carbocycles. The van der Waals surface area contributed by atoms with E-state index in [9.17, 15) is 14.7 Å². The van der Waals surface area contributed by atoms with Crippen molar-refractivity contribution in [3.8, 4) is 11.5 Å². The lowest BCUT2D eigenvalue weighted by Crippen LogP contribution is -2.74. The van der Waals surface area contributed by atoms with Crippen molar-refractivity contribution in [3.05, 3.63) is 35.1 Å². The summed E-state index contributed by atoms with van der Waals surface area (Å²) in [5, 5.41) is 12.6. The number of hydrogen-bond donors (Lipinski definition) is 1. The maximum absolute atomic E-state index is 13.7. The van der Waals surface area contributed by atoms with Crippen LogP contribution in [0.5, 0.6) is 11.5 Å². The van der Waals surface area contributed by atoms with Gasteiger partial charge in [0.05, 0.1) is 11.0 Å². The summed E-state index contributed by atoms with van der Waals surface area (Å²) in [6.07, 6.45) is 3.57. The standard InChI is InChI=1S/C33H48N2O7Si/c1-30(2,3)41-29(37)35-17-10-11-21(35)28(36)39-23-14-15-33(38)24-19-20-12-13-22(42-43(8,9)31(4,5)6)26-25(20)32(33,27(23)40-26)16-18-34(24)7/h12-14,21,24,27,38H,10-11,15-19H2,1-9H3/t21?,24-,27+,32+,33-/m1/s1. The summed E-state index contributed by atoms with van der Waals surface area (Å²) in [6, 6.07) is 3.34. The van der Waals surface area contributed by atoms with Crippen molar-refractivity contribution in [1.29, 1.82) is 0 Å². The average molecular weight is 613 g/mol. The second-order valence-corrected chi connectivity index (χ2v) is 20.4. The molecule has 3 aliphatic heterocycles. The summed E-state index contributed by atoms with van der Waals surface area (Å²) in [5.74, 6) is 1.30. The van der Waals surface area contributed by atoms with Gasteiger partial charge in [-0.1, -0.05) is 26.8 Å². The summed E-state index contributed by atoms with van der Waals surface area (Å²) in [7, 11) is -0.139. The number of likely N-dealkylation sites (tertiary alicyclic amines) is 2. The number of rotatable bonds is 4. The van der Waals surface area contributed by atoms with Crippen LogP contribution in [-0.2, 0) is 26.1 Å². The van der Waals surface area contributed by atoms with E-state index in [0.717, 1.165) is 17.7 Å². The number of piperidine rings is 1. The predicted octanol–water partition coefficient (Wildman–Crippen LogP) is 5.29. The van der Waals surface area contributed by atoms with E-state index in [1.54, 1.807) is 0 Å². The van der Waals surface area contributed by atoms with Crippen LogP contribution in [0, 0.1) is 0 Å². The highest BCUT2D eigenvalue weighted by molar-refractivity contribution is 6.74. The highest BCUT2D eigenvalue weighted by atomic mass is 28.4. The summed E-state index contributed by atoms with van der Waals surface area (Å²) in [4.78, 5) is 30.4. The van der Waals surface area contributed by atoms with E-state index in [4.69, 9.17) is 18.6 Å². The molecule has 0 saturated carbocycles. The molecule has 236 valence electrons. The van der Waals surface area contributed by atoms with E-state index in [-0.39, 0.29) is 11.1 Å². The zero-order valence-corrected chi connectivity index (χ0v) is 28.2. The molecule has 43 heavy (non-hydrogen) atoms. The Hall–Kier alpha value is -2.56. The molecule has 2 fully saturated rings. The number of likely N-dealkylation sites (N-methyl/N-ethyl adjacent to an activating group) is 1. The predicted molar refractivity (Wildman–Crippen MR) is 165 cm³/mol. The van der Waals surface area contributed by atoms with Gasteiger partial charge >= 0.3 is 12.1 Å². The number of ether oxygens (including phenoxy) is 3. The van der Waals surface area contributed by atoms with Crippen LogP contribution in [0.2, 0.25) is 18.1 Å². The van der Waals surface area contributed by atoms with Gasteiger partial charge in [0.1, 0.15) is 23.2 Å². The van der Waals surface area contributed by atoms with Gasteiger partial charge in [0.15, 0.2) is 11.9 Å². The number of hydrogen-bond acceptors (Lipinski definition) is 8. The third kappa shape index (κ3) is 4.53. The molecule has 6 rings (SSSR count). The lowest BCUT2D eigenvalue weighted by molar-refractivity contribution is -0.170. The first-order valence-electron chi connectivity index (χ1n) is 15.8. The van der Waals surface area contributed by atoms with Crippen molar-refractivity contribution in [2.24, 2.45) is 0 Å². The van der Waals surface area contributed by atoms with Crippen LogP contribution >= 0.6 is 0 Å². The molecule has 3 heterocycles. The minimum absolute atomic E-state index is 0.0133. The fraction of sp³-hybridized carbons (Fsp3) is 0.697. The first-order valence-corrected chi connectivity index (χ1v) is 18.7. The Kier molecular flexibility index (Phi) is 6.88. The second kappa shape index (κ2) is 9.72. The first-order chi connectivity index (χ1) is 19.9. The van der Waals surface area contributed by atoms with E-state index >= 15 is 0 Å². The number of carbonyl (C=O) groups is 2. The van der Waals surface area contributed by atoms with E-state index in [1.165, 1.54) is 4.90 Å². The van der Waals surface area contributed by atoms with Crippen molar-refractivity contribution in [1.82, 2.24) is 9.80 Å². The quantitative estimate of drug-likeness (QED) is 0.362. The van der Waals surface area contributed by atoms with Gasteiger partial charge < -0.3 is 28.6 Å². The van der Waals surface area contributed by atoms with Gasteiger partial charge in [-0.2, -0.15) is 0 Å². The van der Waals surface area contributed by atoms with Gasteiger partial charge in [0.25, 0.3) is 8.32 Å². The molecule has 1 N–H and O–H groups in total. The Labute approximate surface area is 256 Å². The second-order valence-electron chi connectivity index (χ2n) is 15.7. The lowest BCUT2D eigenvalue weighted by Gasteiger charge is -2.61. The van der Waals surface area contributed by atoms with Crippen LogP contribution in [0.4, 0.5) is 4.79 Å². The highest BCUT2D eigenvalue weighted by Gasteiger charge is 2.72. The number of esters is 1. The summed E-state index contributed by atoms with van der Waals surface area (Å²) in [5.41, 5.74) is -0.366. The third-order valence-electron chi connectivity index (χ3n) is 10.9. The maximum Gasteiger partial charge on any atom is 0.411 e. The zero-order valence-electron chi connectivity index (χ0n) is 27.2. The first kappa shape index (κ1) is 30.5. The average Bonchev–Trinajstić information content (AvgIpc) is 3.51. The lowest BCUT2D eigenvalue weighted by atomic mass is 9.50. The van der Waals surface area contributed by atoms with Crippen LogP contribution in [0.1, 0.15) is 78.4 Å². The monoisotopic (exact) mass is 612 g/mol. The Balaban J connectivity index is 1.37. The number of nitrogens with zero attached hydrogens (tertiary/aromatic N) is 2. The van der Waals surface area contributed by atoms with E-state index in [0.29, 0.717) is 55.9 Å². The van der Waals surface area contributed by atoms with Crippen LogP contribution in [0.25, 0.3) is 0 Å². The molecule has 5 aliphatic rings. The van der Waals surface area contributed by atoms with Crippen molar-refractivity contribution in [2.45, 2.75) is 127 Å². The normalized spacial score (nSPS) is 31.6. The van der Waals surface area contributed by atoms with Gasteiger partial charge in [-0.25, -0.2) is 9.59 Å². The largest absolute Gasteiger partial charge is 0.541 e. The summed E-state index contributed by atoms with van der Waals surface area (Å²) in [6.45, 7) is 17.7. The molecule has 1 unspecified atom stereocenters. The third-order valence-corrected chi connectivity index (χ3v) is 15.2. The molecule has 2 bridgehead atoms. The van der Waals surface area contributed by atoms with Crippen LogP contribution in [0.3, 0.4) is 0 Å². The van der Waals surface area contributed by atoms with Crippen molar-refractivity contribution in [3.63, 3.8) is 0 Å².